The summed E-state index contributed by atoms with van der Waals surface area (Å²) in [6, 6.07) is 23.0. The lowest BCUT2D eigenvalue weighted by molar-refractivity contribution is -0.140. The molecule has 0 heterocycles. The minimum absolute atomic E-state index is 0.0921. The van der Waals surface area contributed by atoms with Crippen molar-refractivity contribution in [2.24, 2.45) is 5.92 Å². The molecule has 3 rings (SSSR count). The number of carbonyl (C=O) groups excluding carboxylic acids is 2. The van der Waals surface area contributed by atoms with Gasteiger partial charge in [0.1, 0.15) is 11.9 Å². The minimum atomic E-state index is -0.672. The number of hydrogen-bond acceptors (Lipinski definition) is 2. The molecule has 0 spiro atoms. The fraction of sp³-hybridized carbons (Fsp3) is 0.310. The first-order valence-electron chi connectivity index (χ1n) is 11.7. The third kappa shape index (κ3) is 7.55. The van der Waals surface area contributed by atoms with Crippen LogP contribution in [0.4, 0.5) is 4.39 Å². The molecule has 178 valence electrons. The topological polar surface area (TPSA) is 49.4 Å². The van der Waals surface area contributed by atoms with Gasteiger partial charge < -0.3 is 10.2 Å². The van der Waals surface area contributed by atoms with Gasteiger partial charge in [-0.05, 0) is 41.7 Å². The predicted molar refractivity (Wildman–Crippen MR) is 134 cm³/mol. The summed E-state index contributed by atoms with van der Waals surface area (Å²) in [7, 11) is 0. The van der Waals surface area contributed by atoms with Crippen molar-refractivity contribution >= 4 is 11.8 Å². The summed E-state index contributed by atoms with van der Waals surface area (Å²) in [6.45, 7) is 6.93. The molecule has 0 bridgehead atoms. The van der Waals surface area contributed by atoms with Crippen LogP contribution >= 0.6 is 0 Å². The fourth-order valence-electron chi connectivity index (χ4n) is 3.86. The number of hydrogen-bond donors (Lipinski definition) is 1. The van der Waals surface area contributed by atoms with E-state index in [2.05, 4.69) is 5.32 Å². The molecule has 34 heavy (non-hydrogen) atoms. The molecular weight excluding hydrogens is 427 g/mol. The molecule has 0 radical (unpaired) electrons. The van der Waals surface area contributed by atoms with Crippen molar-refractivity contribution in [2.45, 2.75) is 46.2 Å². The highest BCUT2D eigenvalue weighted by Gasteiger charge is 2.30. The highest BCUT2D eigenvalue weighted by molar-refractivity contribution is 5.88. The predicted octanol–water partition coefficient (Wildman–Crippen LogP) is 5.09. The van der Waals surface area contributed by atoms with Crippen molar-refractivity contribution in [2.75, 3.05) is 6.54 Å². The second-order valence-electron chi connectivity index (χ2n) is 9.16. The zero-order chi connectivity index (χ0) is 24.5. The molecule has 0 saturated heterocycles. The van der Waals surface area contributed by atoms with Crippen LogP contribution < -0.4 is 5.32 Å². The van der Waals surface area contributed by atoms with Crippen LogP contribution in [0.25, 0.3) is 0 Å². The first kappa shape index (κ1) is 25.2. The molecule has 0 saturated carbocycles. The summed E-state index contributed by atoms with van der Waals surface area (Å²) in [5, 5.41) is 3.02. The summed E-state index contributed by atoms with van der Waals surface area (Å²) in [5.41, 5.74) is 3.74. The van der Waals surface area contributed by atoms with Crippen molar-refractivity contribution in [1.82, 2.24) is 10.2 Å². The highest BCUT2D eigenvalue weighted by Crippen LogP contribution is 2.17. The average molecular weight is 461 g/mol. The average Bonchev–Trinajstić information content (AvgIpc) is 2.82. The van der Waals surface area contributed by atoms with Gasteiger partial charge in [0.25, 0.3) is 0 Å². The molecule has 1 atom stereocenters. The number of aryl methyl sites for hydroxylation is 1. The van der Waals surface area contributed by atoms with Gasteiger partial charge in [-0.1, -0.05) is 86.1 Å². The molecular formula is C29H33FN2O2. The zero-order valence-electron chi connectivity index (χ0n) is 20.1. The van der Waals surface area contributed by atoms with Crippen LogP contribution in [-0.2, 0) is 29.0 Å². The molecule has 1 N–H and O–H groups in total. The second kappa shape index (κ2) is 12.1. The number of nitrogens with zero attached hydrogens (tertiary/aromatic N) is 1. The Kier molecular flexibility index (Phi) is 8.97. The van der Waals surface area contributed by atoms with Crippen LogP contribution in [0.3, 0.4) is 0 Å². The van der Waals surface area contributed by atoms with Gasteiger partial charge in [0.05, 0.1) is 6.42 Å². The number of nitrogens with one attached hydrogen (secondary N) is 1. The smallest absolute Gasteiger partial charge is 0.243 e. The van der Waals surface area contributed by atoms with Gasteiger partial charge in [-0.3, -0.25) is 9.59 Å². The molecule has 0 aliphatic carbocycles. The van der Waals surface area contributed by atoms with Crippen molar-refractivity contribution in [3.05, 3.63) is 107 Å². The third-order valence-corrected chi connectivity index (χ3v) is 5.66. The highest BCUT2D eigenvalue weighted by atomic mass is 19.1. The Bertz CT molecular complexity index is 1080. The first-order valence-corrected chi connectivity index (χ1v) is 11.7. The molecule has 3 aromatic rings. The lowest BCUT2D eigenvalue weighted by Crippen LogP contribution is -2.51. The number of halogens is 1. The van der Waals surface area contributed by atoms with E-state index in [0.29, 0.717) is 31.0 Å². The van der Waals surface area contributed by atoms with Crippen LogP contribution in [0.2, 0.25) is 0 Å². The van der Waals surface area contributed by atoms with Gasteiger partial charge in [0.15, 0.2) is 0 Å². The van der Waals surface area contributed by atoms with Crippen LogP contribution in [-0.4, -0.2) is 29.3 Å². The molecule has 2 amide bonds. The Balaban J connectivity index is 1.94. The maximum absolute atomic E-state index is 13.6. The fourth-order valence-corrected chi connectivity index (χ4v) is 3.86. The van der Waals surface area contributed by atoms with Crippen LogP contribution in [0.5, 0.6) is 0 Å². The summed E-state index contributed by atoms with van der Waals surface area (Å²) < 4.78 is 13.4. The normalized spacial score (nSPS) is 11.8. The molecule has 5 heteroatoms. The monoisotopic (exact) mass is 460 g/mol. The van der Waals surface area contributed by atoms with E-state index < -0.39 is 6.04 Å². The number of amides is 2. The zero-order valence-corrected chi connectivity index (χ0v) is 20.1. The van der Waals surface area contributed by atoms with E-state index in [9.17, 15) is 14.0 Å². The Morgan fingerprint density at radius 3 is 2.21 bits per heavy atom. The molecule has 0 unspecified atom stereocenters. The maximum atomic E-state index is 13.6. The number of benzene rings is 3. The van der Waals surface area contributed by atoms with E-state index >= 15 is 0 Å². The van der Waals surface area contributed by atoms with Crippen LogP contribution in [0.1, 0.15) is 36.1 Å². The van der Waals surface area contributed by atoms with Crippen LogP contribution in [0.15, 0.2) is 78.9 Å². The molecule has 0 aliphatic heterocycles. The molecule has 0 aliphatic rings. The van der Waals surface area contributed by atoms with Crippen molar-refractivity contribution in [1.29, 1.82) is 0 Å². The number of carbonyl (C=O) groups is 2. The first-order chi connectivity index (χ1) is 16.3. The van der Waals surface area contributed by atoms with E-state index in [1.807, 2.05) is 75.4 Å². The quantitative estimate of drug-likeness (QED) is 0.458. The molecule has 4 nitrogen and oxygen atoms in total. The van der Waals surface area contributed by atoms with E-state index in [0.717, 1.165) is 16.7 Å². The Hall–Kier alpha value is -3.47. The third-order valence-electron chi connectivity index (χ3n) is 5.66. The summed E-state index contributed by atoms with van der Waals surface area (Å²) in [5.74, 6) is -0.393. The Morgan fingerprint density at radius 1 is 0.882 bits per heavy atom. The van der Waals surface area contributed by atoms with Gasteiger partial charge in [0.2, 0.25) is 11.8 Å². The standard InChI is InChI=1S/C29H33FN2O2/c1-21(2)19-31-29(34)27(17-23-9-5-4-6-10-23)32(20-25-11-7-8-22(3)16-25)28(33)18-24-12-14-26(30)15-13-24/h4-16,21,27H,17-20H2,1-3H3,(H,31,34)/t27-/m0/s1. The summed E-state index contributed by atoms with van der Waals surface area (Å²) in [4.78, 5) is 28.7. The summed E-state index contributed by atoms with van der Waals surface area (Å²) >= 11 is 0. The minimum Gasteiger partial charge on any atom is -0.354 e. The molecule has 0 aromatic heterocycles. The van der Waals surface area contributed by atoms with Crippen molar-refractivity contribution in [3.8, 4) is 0 Å². The largest absolute Gasteiger partial charge is 0.354 e. The molecule has 0 fully saturated rings. The van der Waals surface area contributed by atoms with E-state index in [1.165, 1.54) is 12.1 Å². The molecule has 3 aromatic carbocycles. The van der Waals surface area contributed by atoms with Crippen LogP contribution in [0, 0.1) is 18.7 Å². The van der Waals surface area contributed by atoms with Gasteiger partial charge in [0, 0.05) is 19.5 Å². The lowest BCUT2D eigenvalue weighted by atomic mass is 10.0. The van der Waals surface area contributed by atoms with Gasteiger partial charge >= 0.3 is 0 Å². The van der Waals surface area contributed by atoms with E-state index in [4.69, 9.17) is 0 Å². The second-order valence-corrected chi connectivity index (χ2v) is 9.16. The van der Waals surface area contributed by atoms with Crippen molar-refractivity contribution in [3.63, 3.8) is 0 Å². The maximum Gasteiger partial charge on any atom is 0.243 e. The Labute approximate surface area is 201 Å². The van der Waals surface area contributed by atoms with Gasteiger partial charge in [-0.15, -0.1) is 0 Å². The SMILES string of the molecule is Cc1cccc(CN(C(=O)Cc2ccc(F)cc2)[C@@H](Cc2ccccc2)C(=O)NCC(C)C)c1. The van der Waals surface area contributed by atoms with E-state index in [1.54, 1.807) is 17.0 Å². The van der Waals surface area contributed by atoms with Gasteiger partial charge in [-0.25, -0.2) is 4.39 Å². The van der Waals surface area contributed by atoms with Gasteiger partial charge in [-0.2, -0.15) is 0 Å². The Morgan fingerprint density at radius 2 is 1.56 bits per heavy atom. The van der Waals surface area contributed by atoms with Crippen molar-refractivity contribution < 1.29 is 14.0 Å². The summed E-state index contributed by atoms with van der Waals surface area (Å²) in [6.07, 6.45) is 0.501. The van der Waals surface area contributed by atoms with E-state index in [-0.39, 0.29) is 24.1 Å². The lowest BCUT2D eigenvalue weighted by Gasteiger charge is -2.32. The number of rotatable bonds is 10.